The summed E-state index contributed by atoms with van der Waals surface area (Å²) in [5.74, 6) is -0.939. The van der Waals surface area contributed by atoms with E-state index in [0.29, 0.717) is 5.41 Å². The Balaban J connectivity index is 2.02. The van der Waals surface area contributed by atoms with E-state index in [4.69, 9.17) is 5.11 Å². The summed E-state index contributed by atoms with van der Waals surface area (Å²) >= 11 is 1.43. The Kier molecular flexibility index (Phi) is 3.90. The number of thiazole rings is 1. The second-order valence-electron chi connectivity index (χ2n) is 5.01. The van der Waals surface area contributed by atoms with Gasteiger partial charge in [0.1, 0.15) is 0 Å². The van der Waals surface area contributed by atoms with Gasteiger partial charge in [0.15, 0.2) is 10.8 Å². The maximum atomic E-state index is 10.8. The molecule has 0 spiro atoms. The van der Waals surface area contributed by atoms with Crippen LogP contribution in [0.2, 0.25) is 0 Å². The Bertz CT molecular complexity index is 416. The molecule has 0 unspecified atom stereocenters. The predicted molar refractivity (Wildman–Crippen MR) is 73.5 cm³/mol. The average molecular weight is 268 g/mol. The predicted octanol–water partition coefficient (Wildman–Crippen LogP) is 3.25. The number of hydrogen-bond acceptors (Lipinski definition) is 4. The highest BCUT2D eigenvalue weighted by Crippen LogP contribution is 2.39. The van der Waals surface area contributed by atoms with E-state index < -0.39 is 5.97 Å². The van der Waals surface area contributed by atoms with Crippen molar-refractivity contribution in [1.29, 1.82) is 0 Å². The normalized spacial score (nSPS) is 18.9. The highest BCUT2D eigenvalue weighted by molar-refractivity contribution is 7.13. The van der Waals surface area contributed by atoms with Crippen molar-refractivity contribution in [1.82, 2.24) is 4.98 Å². The second-order valence-corrected chi connectivity index (χ2v) is 5.85. The van der Waals surface area contributed by atoms with Crippen molar-refractivity contribution in [3.8, 4) is 0 Å². The first kappa shape index (κ1) is 13.3. The minimum atomic E-state index is -0.939. The van der Waals surface area contributed by atoms with Crippen LogP contribution >= 0.6 is 11.3 Å². The van der Waals surface area contributed by atoms with E-state index in [9.17, 15) is 4.79 Å². The van der Waals surface area contributed by atoms with Crippen LogP contribution in [-0.2, 0) is 0 Å². The molecule has 0 aliphatic carbocycles. The Morgan fingerprint density at radius 1 is 1.44 bits per heavy atom. The van der Waals surface area contributed by atoms with Crippen LogP contribution < -0.4 is 4.90 Å². The molecule has 4 nitrogen and oxygen atoms in total. The quantitative estimate of drug-likeness (QED) is 0.910. The van der Waals surface area contributed by atoms with E-state index in [2.05, 4.69) is 23.7 Å². The van der Waals surface area contributed by atoms with Gasteiger partial charge < -0.3 is 10.0 Å². The van der Waals surface area contributed by atoms with E-state index in [-0.39, 0.29) is 5.69 Å². The topological polar surface area (TPSA) is 53.4 Å². The van der Waals surface area contributed by atoms with Crippen molar-refractivity contribution in [2.75, 3.05) is 18.0 Å². The lowest BCUT2D eigenvalue weighted by atomic mass is 9.74. The first-order chi connectivity index (χ1) is 8.60. The van der Waals surface area contributed by atoms with Crippen molar-refractivity contribution < 1.29 is 9.90 Å². The van der Waals surface area contributed by atoms with Crippen molar-refractivity contribution >= 4 is 22.4 Å². The molecule has 0 saturated carbocycles. The molecule has 2 rings (SSSR count). The number of carbonyl (C=O) groups is 1. The molecule has 1 N–H and O–H groups in total. The lowest BCUT2D eigenvalue weighted by molar-refractivity contribution is 0.0691. The van der Waals surface area contributed by atoms with E-state index in [1.165, 1.54) is 37.0 Å². The van der Waals surface area contributed by atoms with Crippen LogP contribution in [0.4, 0.5) is 5.13 Å². The zero-order valence-electron chi connectivity index (χ0n) is 11.0. The van der Waals surface area contributed by atoms with E-state index in [1.807, 2.05) is 0 Å². The lowest BCUT2D eigenvalue weighted by Crippen LogP contribution is -2.39. The molecule has 1 aromatic heterocycles. The standard InChI is InChI=1S/C13H20N2O2S/c1-3-13(4-2)5-7-15(8-6-13)12-14-10(9-18-12)11(16)17/h9H,3-8H2,1-2H3,(H,16,17). The average Bonchev–Trinajstić information content (AvgIpc) is 2.88. The lowest BCUT2D eigenvalue weighted by Gasteiger charge is -2.40. The maximum absolute atomic E-state index is 10.8. The molecule has 0 aromatic carbocycles. The van der Waals surface area contributed by atoms with E-state index in [1.54, 1.807) is 5.38 Å². The van der Waals surface area contributed by atoms with Gasteiger partial charge in [-0.25, -0.2) is 9.78 Å². The van der Waals surface area contributed by atoms with E-state index >= 15 is 0 Å². The highest BCUT2D eigenvalue weighted by Gasteiger charge is 2.32. The van der Waals surface area contributed by atoms with Crippen LogP contribution in [0.15, 0.2) is 5.38 Å². The second kappa shape index (κ2) is 5.26. The SMILES string of the molecule is CCC1(CC)CCN(c2nc(C(=O)O)cs2)CC1. The third-order valence-electron chi connectivity index (χ3n) is 4.31. The molecule has 2 heterocycles. The number of carboxylic acids is 1. The van der Waals surface area contributed by atoms with Crippen molar-refractivity contribution in [2.45, 2.75) is 39.5 Å². The van der Waals surface area contributed by atoms with Gasteiger partial charge in [-0.3, -0.25) is 0 Å². The van der Waals surface area contributed by atoms with Crippen molar-refractivity contribution in [3.63, 3.8) is 0 Å². The number of piperidine rings is 1. The number of aromatic nitrogens is 1. The smallest absolute Gasteiger partial charge is 0.355 e. The van der Waals surface area contributed by atoms with Crippen LogP contribution in [0.3, 0.4) is 0 Å². The summed E-state index contributed by atoms with van der Waals surface area (Å²) in [6.45, 7) is 6.53. The fraction of sp³-hybridized carbons (Fsp3) is 0.692. The third kappa shape index (κ3) is 2.51. The summed E-state index contributed by atoms with van der Waals surface area (Å²) < 4.78 is 0. The molecule has 5 heteroatoms. The fourth-order valence-electron chi connectivity index (χ4n) is 2.64. The van der Waals surface area contributed by atoms with Crippen LogP contribution in [0.5, 0.6) is 0 Å². The van der Waals surface area contributed by atoms with Crippen LogP contribution in [0, 0.1) is 5.41 Å². The first-order valence-corrected chi connectivity index (χ1v) is 7.42. The molecule has 0 radical (unpaired) electrons. The molecular weight excluding hydrogens is 248 g/mol. The molecule has 0 amide bonds. The Hall–Kier alpha value is -1.10. The van der Waals surface area contributed by atoms with Crippen LogP contribution in [0.1, 0.15) is 50.0 Å². The number of nitrogens with zero attached hydrogens (tertiary/aromatic N) is 2. The number of hydrogen-bond donors (Lipinski definition) is 1. The zero-order valence-corrected chi connectivity index (χ0v) is 11.8. The van der Waals surface area contributed by atoms with Crippen molar-refractivity contribution in [2.24, 2.45) is 5.41 Å². The highest BCUT2D eigenvalue weighted by atomic mass is 32.1. The summed E-state index contributed by atoms with van der Waals surface area (Å²) in [6.07, 6.45) is 4.83. The minimum absolute atomic E-state index is 0.165. The summed E-state index contributed by atoms with van der Waals surface area (Å²) in [7, 11) is 0. The van der Waals surface area contributed by atoms with Crippen molar-refractivity contribution in [3.05, 3.63) is 11.1 Å². The van der Waals surface area contributed by atoms with Gasteiger partial charge in [0.2, 0.25) is 0 Å². The van der Waals surface area contributed by atoms with Crippen LogP contribution in [-0.4, -0.2) is 29.1 Å². The molecular formula is C13H20N2O2S. The number of carboxylic acid groups (broad SMARTS) is 1. The monoisotopic (exact) mass is 268 g/mol. The number of aromatic carboxylic acids is 1. The van der Waals surface area contributed by atoms with Crippen LogP contribution in [0.25, 0.3) is 0 Å². The zero-order chi connectivity index (χ0) is 13.2. The van der Waals surface area contributed by atoms with Gasteiger partial charge in [-0.1, -0.05) is 26.7 Å². The molecule has 1 aliphatic heterocycles. The Morgan fingerprint density at radius 3 is 2.50 bits per heavy atom. The Morgan fingerprint density at radius 2 is 2.06 bits per heavy atom. The largest absolute Gasteiger partial charge is 0.476 e. The molecule has 100 valence electrons. The molecule has 1 saturated heterocycles. The van der Waals surface area contributed by atoms with E-state index in [0.717, 1.165) is 18.2 Å². The molecule has 1 fully saturated rings. The number of anilines is 1. The molecule has 0 atom stereocenters. The molecule has 1 aromatic rings. The van der Waals surface area contributed by atoms with Gasteiger partial charge >= 0.3 is 5.97 Å². The van der Waals surface area contributed by atoms with Gasteiger partial charge in [-0.15, -0.1) is 11.3 Å². The maximum Gasteiger partial charge on any atom is 0.355 e. The van der Waals surface area contributed by atoms with Gasteiger partial charge in [-0.05, 0) is 18.3 Å². The summed E-state index contributed by atoms with van der Waals surface area (Å²) in [5, 5.41) is 11.4. The summed E-state index contributed by atoms with van der Waals surface area (Å²) in [5.41, 5.74) is 0.654. The summed E-state index contributed by atoms with van der Waals surface area (Å²) in [6, 6.07) is 0. The third-order valence-corrected chi connectivity index (χ3v) is 5.21. The molecule has 0 bridgehead atoms. The Labute approximate surface area is 112 Å². The number of rotatable bonds is 4. The van der Waals surface area contributed by atoms with Gasteiger partial charge in [-0.2, -0.15) is 0 Å². The fourth-order valence-corrected chi connectivity index (χ4v) is 3.49. The van der Waals surface area contributed by atoms with Gasteiger partial charge in [0.25, 0.3) is 0 Å². The molecule has 1 aliphatic rings. The molecule has 18 heavy (non-hydrogen) atoms. The van der Waals surface area contributed by atoms with Gasteiger partial charge in [0, 0.05) is 18.5 Å². The minimum Gasteiger partial charge on any atom is -0.476 e. The summed E-state index contributed by atoms with van der Waals surface area (Å²) in [4.78, 5) is 17.2. The van der Waals surface area contributed by atoms with Gasteiger partial charge in [0.05, 0.1) is 0 Å². The first-order valence-electron chi connectivity index (χ1n) is 6.54.